The Bertz CT molecular complexity index is 549. The second-order valence-electron chi connectivity index (χ2n) is 4.18. The summed E-state index contributed by atoms with van der Waals surface area (Å²) >= 11 is 6.98. The van der Waals surface area contributed by atoms with E-state index in [1.165, 1.54) is 5.56 Å². The molecule has 96 valence electrons. The predicted molar refractivity (Wildman–Crippen MR) is 80.8 cm³/mol. The van der Waals surface area contributed by atoms with Crippen LogP contribution in [-0.4, -0.2) is 14.8 Å². The summed E-state index contributed by atoms with van der Waals surface area (Å²) in [7, 11) is 0. The fourth-order valence-electron chi connectivity index (χ4n) is 1.93. The molecular formula is C13H15Br2N3. The molecule has 0 aliphatic rings. The normalized spacial score (nSPS) is 10.9. The van der Waals surface area contributed by atoms with Gasteiger partial charge in [-0.05, 0) is 31.0 Å². The number of hydrogen-bond acceptors (Lipinski definition) is 2. The number of halogens is 2. The SMILES string of the molecule is CCCn1c(CBr)nnc1-c1cc(Br)ccc1C. The minimum atomic E-state index is 0.729. The van der Waals surface area contributed by atoms with E-state index in [0.29, 0.717) is 0 Å². The number of aryl methyl sites for hydroxylation is 1. The van der Waals surface area contributed by atoms with Crippen molar-refractivity contribution < 1.29 is 0 Å². The fraction of sp³-hybridized carbons (Fsp3) is 0.385. The van der Waals surface area contributed by atoms with Gasteiger partial charge in [0.25, 0.3) is 0 Å². The molecule has 0 fully saturated rings. The Morgan fingerprint density at radius 2 is 2.06 bits per heavy atom. The molecule has 0 aliphatic carbocycles. The minimum Gasteiger partial charge on any atom is -0.310 e. The number of alkyl halides is 1. The average molecular weight is 373 g/mol. The van der Waals surface area contributed by atoms with Gasteiger partial charge in [-0.25, -0.2) is 0 Å². The fourth-order valence-corrected chi connectivity index (χ4v) is 2.70. The number of nitrogens with zero attached hydrogens (tertiary/aromatic N) is 3. The van der Waals surface area contributed by atoms with Gasteiger partial charge in [0, 0.05) is 16.6 Å². The van der Waals surface area contributed by atoms with Gasteiger partial charge in [-0.3, -0.25) is 0 Å². The third-order valence-corrected chi connectivity index (χ3v) is 3.83. The number of benzene rings is 1. The van der Waals surface area contributed by atoms with E-state index >= 15 is 0 Å². The average Bonchev–Trinajstić information content (AvgIpc) is 2.76. The zero-order valence-corrected chi connectivity index (χ0v) is 13.6. The van der Waals surface area contributed by atoms with Crippen molar-refractivity contribution in [3.63, 3.8) is 0 Å². The van der Waals surface area contributed by atoms with Crippen LogP contribution < -0.4 is 0 Å². The van der Waals surface area contributed by atoms with Crippen LogP contribution in [0.1, 0.15) is 24.7 Å². The predicted octanol–water partition coefficient (Wildman–Crippen LogP) is 4.32. The zero-order chi connectivity index (χ0) is 13.1. The van der Waals surface area contributed by atoms with E-state index in [1.807, 2.05) is 6.07 Å². The highest BCUT2D eigenvalue weighted by Crippen LogP contribution is 2.26. The van der Waals surface area contributed by atoms with Crippen molar-refractivity contribution in [3.8, 4) is 11.4 Å². The summed E-state index contributed by atoms with van der Waals surface area (Å²) in [5.74, 6) is 1.93. The third kappa shape index (κ3) is 2.67. The van der Waals surface area contributed by atoms with E-state index in [4.69, 9.17) is 0 Å². The third-order valence-electron chi connectivity index (χ3n) is 2.83. The monoisotopic (exact) mass is 371 g/mol. The van der Waals surface area contributed by atoms with Gasteiger partial charge < -0.3 is 4.57 Å². The Kier molecular flexibility index (Phi) is 4.56. The molecule has 0 unspecified atom stereocenters. The van der Waals surface area contributed by atoms with Crippen molar-refractivity contribution in [2.24, 2.45) is 0 Å². The van der Waals surface area contributed by atoms with E-state index in [1.54, 1.807) is 0 Å². The first-order chi connectivity index (χ1) is 8.67. The molecule has 0 saturated carbocycles. The number of rotatable bonds is 4. The molecule has 1 aromatic heterocycles. The molecule has 2 aromatic rings. The van der Waals surface area contributed by atoms with Gasteiger partial charge in [0.15, 0.2) is 5.82 Å². The molecule has 0 bridgehead atoms. The van der Waals surface area contributed by atoms with Crippen molar-refractivity contribution >= 4 is 31.9 Å². The summed E-state index contributed by atoms with van der Waals surface area (Å²) in [5.41, 5.74) is 2.35. The first-order valence-electron chi connectivity index (χ1n) is 5.92. The molecule has 0 N–H and O–H groups in total. The van der Waals surface area contributed by atoms with Crippen LogP contribution in [0.3, 0.4) is 0 Å². The lowest BCUT2D eigenvalue weighted by Gasteiger charge is -2.10. The second-order valence-corrected chi connectivity index (χ2v) is 5.66. The molecule has 3 nitrogen and oxygen atoms in total. The number of aromatic nitrogens is 3. The molecular weight excluding hydrogens is 358 g/mol. The van der Waals surface area contributed by atoms with Crippen molar-refractivity contribution in [2.45, 2.75) is 32.1 Å². The summed E-state index contributed by atoms with van der Waals surface area (Å²) in [6.45, 7) is 5.20. The highest BCUT2D eigenvalue weighted by Gasteiger charge is 2.14. The summed E-state index contributed by atoms with van der Waals surface area (Å²) in [4.78, 5) is 0. The zero-order valence-electron chi connectivity index (χ0n) is 10.5. The minimum absolute atomic E-state index is 0.729. The van der Waals surface area contributed by atoms with Gasteiger partial charge >= 0.3 is 0 Å². The molecule has 0 amide bonds. The molecule has 5 heteroatoms. The molecule has 0 aliphatic heterocycles. The van der Waals surface area contributed by atoms with Crippen molar-refractivity contribution in [2.75, 3.05) is 0 Å². The Morgan fingerprint density at radius 1 is 1.28 bits per heavy atom. The van der Waals surface area contributed by atoms with E-state index in [9.17, 15) is 0 Å². The van der Waals surface area contributed by atoms with Gasteiger partial charge in [-0.1, -0.05) is 44.8 Å². The molecule has 18 heavy (non-hydrogen) atoms. The lowest BCUT2D eigenvalue weighted by Crippen LogP contribution is -2.04. The lowest BCUT2D eigenvalue weighted by molar-refractivity contribution is 0.661. The maximum Gasteiger partial charge on any atom is 0.164 e. The summed E-state index contributed by atoms with van der Waals surface area (Å²) in [5, 5.41) is 9.32. The van der Waals surface area contributed by atoms with E-state index < -0.39 is 0 Å². The van der Waals surface area contributed by atoms with Crippen LogP contribution in [-0.2, 0) is 11.9 Å². The van der Waals surface area contributed by atoms with Crippen molar-refractivity contribution in [1.82, 2.24) is 14.8 Å². The Morgan fingerprint density at radius 3 is 2.72 bits per heavy atom. The molecule has 2 rings (SSSR count). The largest absolute Gasteiger partial charge is 0.310 e. The smallest absolute Gasteiger partial charge is 0.164 e. The van der Waals surface area contributed by atoms with Gasteiger partial charge in [-0.15, -0.1) is 10.2 Å². The quantitative estimate of drug-likeness (QED) is 0.748. The van der Waals surface area contributed by atoms with E-state index in [-0.39, 0.29) is 0 Å². The topological polar surface area (TPSA) is 30.7 Å². The molecule has 0 atom stereocenters. The highest BCUT2D eigenvalue weighted by atomic mass is 79.9. The second kappa shape index (κ2) is 5.97. The summed E-state index contributed by atoms with van der Waals surface area (Å²) < 4.78 is 3.25. The van der Waals surface area contributed by atoms with E-state index in [2.05, 4.69) is 72.6 Å². The Hall–Kier alpha value is -0.680. The van der Waals surface area contributed by atoms with Gasteiger partial charge in [-0.2, -0.15) is 0 Å². The number of hydrogen-bond donors (Lipinski definition) is 0. The van der Waals surface area contributed by atoms with Crippen LogP contribution in [0.15, 0.2) is 22.7 Å². The standard InChI is InChI=1S/C13H15Br2N3/c1-3-6-18-12(8-14)16-17-13(18)11-7-10(15)5-4-9(11)2/h4-5,7H,3,6,8H2,1-2H3. The van der Waals surface area contributed by atoms with Crippen LogP contribution >= 0.6 is 31.9 Å². The maximum absolute atomic E-state index is 4.34. The highest BCUT2D eigenvalue weighted by molar-refractivity contribution is 9.10. The van der Waals surface area contributed by atoms with Crippen LogP contribution in [0, 0.1) is 6.92 Å². The van der Waals surface area contributed by atoms with Gasteiger partial charge in [0.2, 0.25) is 0 Å². The lowest BCUT2D eigenvalue weighted by atomic mass is 10.1. The molecule has 1 aromatic carbocycles. The Labute approximate surface area is 124 Å². The summed E-state index contributed by atoms with van der Waals surface area (Å²) in [6.07, 6.45) is 1.07. The van der Waals surface area contributed by atoms with Crippen LogP contribution in [0.25, 0.3) is 11.4 Å². The first kappa shape index (κ1) is 13.7. The van der Waals surface area contributed by atoms with Crippen LogP contribution in [0.4, 0.5) is 0 Å². The van der Waals surface area contributed by atoms with Crippen molar-refractivity contribution in [3.05, 3.63) is 34.1 Å². The molecule has 1 heterocycles. The maximum atomic E-state index is 4.34. The van der Waals surface area contributed by atoms with Crippen LogP contribution in [0.2, 0.25) is 0 Å². The van der Waals surface area contributed by atoms with Crippen molar-refractivity contribution in [1.29, 1.82) is 0 Å². The molecule has 0 spiro atoms. The Balaban J connectivity index is 2.56. The summed E-state index contributed by atoms with van der Waals surface area (Å²) in [6, 6.07) is 6.24. The molecule has 0 radical (unpaired) electrons. The van der Waals surface area contributed by atoms with Gasteiger partial charge in [0.05, 0.1) is 5.33 Å². The van der Waals surface area contributed by atoms with Crippen LogP contribution in [0.5, 0.6) is 0 Å². The van der Waals surface area contributed by atoms with Gasteiger partial charge in [0.1, 0.15) is 5.82 Å². The first-order valence-corrected chi connectivity index (χ1v) is 7.83. The van der Waals surface area contributed by atoms with E-state index in [0.717, 1.165) is 40.0 Å². The molecule has 0 saturated heterocycles.